The normalized spacial score (nSPS) is 11.9. The number of nitrogens with one attached hydrogen (secondary N) is 4. The summed E-state index contributed by atoms with van der Waals surface area (Å²) in [6, 6.07) is 13.9. The molecule has 2 aromatic carbocycles. The van der Waals surface area contributed by atoms with Crippen LogP contribution in [0.1, 0.15) is 22.8 Å². The molecule has 0 radical (unpaired) electrons. The Morgan fingerprint density at radius 3 is 2.10 bits per heavy atom. The summed E-state index contributed by atoms with van der Waals surface area (Å²) < 4.78 is -1.87. The molecule has 2 aromatic rings. The average molecular weight is 474 g/mol. The summed E-state index contributed by atoms with van der Waals surface area (Å²) in [4.78, 5) is 23.7. The monoisotopic (exact) mass is 472 g/mol. The lowest BCUT2D eigenvalue weighted by Gasteiger charge is -2.28. The van der Waals surface area contributed by atoms with Gasteiger partial charge in [0.25, 0.3) is 5.91 Å². The molecule has 0 aliphatic rings. The molecule has 0 bridgehead atoms. The number of hydrogen-bond donors (Lipinski definition) is 4. The zero-order valence-corrected chi connectivity index (χ0v) is 18.6. The molecule has 0 unspecified atom stereocenters. The average Bonchev–Trinajstić information content (AvgIpc) is 2.60. The molecular formula is C19H19Cl3N4O2S. The van der Waals surface area contributed by atoms with Crippen LogP contribution in [0.3, 0.4) is 0 Å². The fourth-order valence-electron chi connectivity index (χ4n) is 2.30. The Kier molecular flexibility index (Phi) is 8.10. The van der Waals surface area contributed by atoms with Crippen molar-refractivity contribution in [3.63, 3.8) is 0 Å². The van der Waals surface area contributed by atoms with E-state index in [4.69, 9.17) is 47.0 Å². The Labute approximate surface area is 189 Å². The molecule has 0 aromatic heterocycles. The fourth-order valence-corrected chi connectivity index (χ4v) is 2.86. The number of alkyl halides is 3. The zero-order valence-electron chi connectivity index (χ0n) is 15.6. The number of rotatable bonds is 5. The molecule has 0 saturated heterocycles. The van der Waals surface area contributed by atoms with Crippen molar-refractivity contribution in [2.45, 2.75) is 23.8 Å². The zero-order chi connectivity index (χ0) is 21.6. The lowest BCUT2D eigenvalue weighted by molar-refractivity contribution is -0.114. The third kappa shape index (κ3) is 7.70. The van der Waals surface area contributed by atoms with Crippen molar-refractivity contribution in [2.75, 3.05) is 10.6 Å². The minimum Gasteiger partial charge on any atom is -0.339 e. The highest BCUT2D eigenvalue weighted by Crippen LogP contribution is 2.29. The number of amides is 2. The van der Waals surface area contributed by atoms with E-state index in [1.165, 1.54) is 6.92 Å². The number of carbonyl (C=O) groups excluding carboxylic acids is 2. The van der Waals surface area contributed by atoms with Gasteiger partial charge in [0.1, 0.15) is 6.17 Å². The summed E-state index contributed by atoms with van der Waals surface area (Å²) in [5.41, 5.74) is 2.63. The molecule has 1 atom stereocenters. The molecule has 0 fully saturated rings. The van der Waals surface area contributed by atoms with Crippen LogP contribution >= 0.6 is 47.0 Å². The van der Waals surface area contributed by atoms with Gasteiger partial charge in [-0.15, -0.1) is 0 Å². The van der Waals surface area contributed by atoms with Crippen LogP contribution < -0.4 is 21.3 Å². The van der Waals surface area contributed by atoms with E-state index >= 15 is 0 Å². The van der Waals surface area contributed by atoms with E-state index in [1.807, 2.05) is 6.92 Å². The number of benzene rings is 2. The van der Waals surface area contributed by atoms with Crippen LogP contribution in [0.5, 0.6) is 0 Å². The highest BCUT2D eigenvalue weighted by atomic mass is 35.6. The summed E-state index contributed by atoms with van der Waals surface area (Å²) in [6.45, 7) is 3.33. The van der Waals surface area contributed by atoms with E-state index in [2.05, 4.69) is 21.3 Å². The highest BCUT2D eigenvalue weighted by Gasteiger charge is 2.34. The standard InChI is InChI=1S/C19H19Cl3N4O2S/c1-11-6-8-13(9-7-11)16(28)25-17(19(20,21)22)26-18(29)24-15-5-3-4-14(10-15)23-12(2)27/h3-10,17H,1-2H3,(H,23,27)(H,25,28)(H2,24,26,29)/t17-/m0/s1. The maximum Gasteiger partial charge on any atom is 0.252 e. The Morgan fingerprint density at radius 2 is 1.55 bits per heavy atom. The minimum atomic E-state index is -1.87. The second-order valence-corrected chi connectivity index (χ2v) is 8.95. The van der Waals surface area contributed by atoms with Crippen molar-refractivity contribution in [2.24, 2.45) is 0 Å². The molecule has 29 heavy (non-hydrogen) atoms. The predicted octanol–water partition coefficient (Wildman–Crippen LogP) is 4.37. The SMILES string of the molecule is CC(=O)Nc1cccc(NC(=S)N[C@H](NC(=O)c2ccc(C)cc2)C(Cl)(Cl)Cl)c1. The molecule has 2 amide bonds. The number of thiocarbonyl (C=S) groups is 1. The van der Waals surface area contributed by atoms with Crippen LogP contribution in [0.15, 0.2) is 48.5 Å². The topological polar surface area (TPSA) is 82.3 Å². The largest absolute Gasteiger partial charge is 0.339 e. The first-order valence-electron chi connectivity index (χ1n) is 8.44. The van der Waals surface area contributed by atoms with E-state index in [0.29, 0.717) is 16.9 Å². The van der Waals surface area contributed by atoms with Crippen LogP contribution in [-0.2, 0) is 4.79 Å². The molecule has 4 N–H and O–H groups in total. The van der Waals surface area contributed by atoms with E-state index in [1.54, 1.807) is 48.5 Å². The molecule has 0 aliphatic heterocycles. The van der Waals surface area contributed by atoms with Gasteiger partial charge in [0.15, 0.2) is 5.11 Å². The predicted molar refractivity (Wildman–Crippen MR) is 123 cm³/mol. The second kappa shape index (κ2) is 10.1. The van der Waals surface area contributed by atoms with Gasteiger partial charge in [-0.2, -0.15) is 0 Å². The number of halogens is 3. The molecule has 0 saturated carbocycles. The Bertz CT molecular complexity index is 901. The van der Waals surface area contributed by atoms with Crippen LogP contribution in [-0.4, -0.2) is 26.9 Å². The van der Waals surface area contributed by atoms with Crippen LogP contribution in [0.2, 0.25) is 0 Å². The molecule has 0 aliphatic carbocycles. The van der Waals surface area contributed by atoms with Crippen molar-refractivity contribution in [1.82, 2.24) is 10.6 Å². The maximum absolute atomic E-state index is 12.5. The van der Waals surface area contributed by atoms with Gasteiger partial charge in [-0.25, -0.2) is 0 Å². The first-order chi connectivity index (χ1) is 13.5. The van der Waals surface area contributed by atoms with Crippen LogP contribution in [0.4, 0.5) is 11.4 Å². The quantitative estimate of drug-likeness (QED) is 0.295. The summed E-state index contributed by atoms with van der Waals surface area (Å²) in [5.74, 6) is -0.623. The molecule has 0 spiro atoms. The third-order valence-electron chi connectivity index (χ3n) is 3.63. The summed E-state index contributed by atoms with van der Waals surface area (Å²) in [7, 11) is 0. The van der Waals surface area contributed by atoms with Crippen molar-refractivity contribution in [1.29, 1.82) is 0 Å². The van der Waals surface area contributed by atoms with Crippen molar-refractivity contribution in [3.8, 4) is 0 Å². The summed E-state index contributed by atoms with van der Waals surface area (Å²) in [5, 5.41) is 11.1. The Balaban J connectivity index is 2.06. The summed E-state index contributed by atoms with van der Waals surface area (Å²) >= 11 is 23.3. The Hall–Kier alpha value is -2.06. The highest BCUT2D eigenvalue weighted by molar-refractivity contribution is 7.80. The lowest BCUT2D eigenvalue weighted by atomic mass is 10.1. The first-order valence-corrected chi connectivity index (χ1v) is 9.98. The van der Waals surface area contributed by atoms with E-state index in [-0.39, 0.29) is 11.0 Å². The van der Waals surface area contributed by atoms with Gasteiger partial charge >= 0.3 is 0 Å². The number of anilines is 2. The third-order valence-corrected chi connectivity index (χ3v) is 4.51. The fraction of sp³-hybridized carbons (Fsp3) is 0.211. The van der Waals surface area contributed by atoms with E-state index < -0.39 is 15.9 Å². The first kappa shape index (κ1) is 23.2. The van der Waals surface area contributed by atoms with Crippen molar-refractivity contribution < 1.29 is 9.59 Å². The second-order valence-electron chi connectivity index (χ2n) is 6.17. The van der Waals surface area contributed by atoms with Crippen LogP contribution in [0, 0.1) is 6.92 Å². The minimum absolute atomic E-state index is 0.116. The number of aryl methyl sites for hydroxylation is 1. The van der Waals surface area contributed by atoms with Gasteiger partial charge in [0.2, 0.25) is 9.70 Å². The van der Waals surface area contributed by atoms with Gasteiger partial charge in [0.05, 0.1) is 0 Å². The van der Waals surface area contributed by atoms with Gasteiger partial charge in [-0.1, -0.05) is 58.6 Å². The number of carbonyl (C=O) groups is 2. The number of hydrogen-bond acceptors (Lipinski definition) is 3. The van der Waals surface area contributed by atoms with Crippen molar-refractivity contribution in [3.05, 3.63) is 59.7 Å². The van der Waals surface area contributed by atoms with Gasteiger partial charge < -0.3 is 21.3 Å². The summed E-state index contributed by atoms with van der Waals surface area (Å²) in [6.07, 6.45) is -1.10. The van der Waals surface area contributed by atoms with Gasteiger partial charge in [-0.3, -0.25) is 9.59 Å². The molecule has 0 heterocycles. The molecule has 2 rings (SSSR count). The Morgan fingerprint density at radius 1 is 0.966 bits per heavy atom. The maximum atomic E-state index is 12.5. The van der Waals surface area contributed by atoms with Gasteiger partial charge in [0, 0.05) is 23.9 Å². The van der Waals surface area contributed by atoms with Crippen LogP contribution in [0.25, 0.3) is 0 Å². The molecule has 6 nitrogen and oxygen atoms in total. The van der Waals surface area contributed by atoms with E-state index in [9.17, 15) is 9.59 Å². The van der Waals surface area contributed by atoms with E-state index in [0.717, 1.165) is 5.56 Å². The molecule has 10 heteroatoms. The smallest absolute Gasteiger partial charge is 0.252 e. The lowest BCUT2D eigenvalue weighted by Crippen LogP contribution is -2.56. The molecular weight excluding hydrogens is 455 g/mol. The van der Waals surface area contributed by atoms with Gasteiger partial charge in [-0.05, 0) is 49.5 Å². The molecule has 154 valence electrons. The van der Waals surface area contributed by atoms with Crippen molar-refractivity contribution >= 4 is 75.3 Å².